The van der Waals surface area contributed by atoms with Crippen LogP contribution in [0.2, 0.25) is 5.15 Å². The van der Waals surface area contributed by atoms with E-state index in [1.807, 2.05) is 12.5 Å². The smallest absolute Gasteiger partial charge is 0.147 e. The summed E-state index contributed by atoms with van der Waals surface area (Å²) in [5, 5.41) is 0.590. The normalized spacial score (nSPS) is 43.8. The van der Waals surface area contributed by atoms with Gasteiger partial charge in [0, 0.05) is 23.4 Å². The summed E-state index contributed by atoms with van der Waals surface area (Å²) in [7, 11) is 0. The van der Waals surface area contributed by atoms with E-state index in [0.29, 0.717) is 16.6 Å². The van der Waals surface area contributed by atoms with Gasteiger partial charge < -0.3 is 10.3 Å². The van der Waals surface area contributed by atoms with Crippen LogP contribution in [0, 0.1) is 28.6 Å². The molecule has 0 spiro atoms. The predicted octanol–water partition coefficient (Wildman–Crippen LogP) is 5.67. The molecule has 2 N–H and O–H groups in total. The summed E-state index contributed by atoms with van der Waals surface area (Å²) in [6.45, 7) is 7.38. The highest BCUT2D eigenvalue weighted by molar-refractivity contribution is 6.29. The van der Waals surface area contributed by atoms with E-state index in [4.69, 9.17) is 17.3 Å². The minimum absolute atomic E-state index is 0.238. The fourth-order valence-corrected chi connectivity index (χ4v) is 7.68. The van der Waals surface area contributed by atoms with Crippen molar-refractivity contribution in [3.8, 4) is 0 Å². The second-order valence-corrected chi connectivity index (χ2v) is 10.5. The molecule has 0 aromatic carbocycles. The topological polar surface area (TPSA) is 43.8 Å². The summed E-state index contributed by atoms with van der Waals surface area (Å²) in [5.74, 6) is 2.34. The molecule has 4 aliphatic carbocycles. The van der Waals surface area contributed by atoms with Gasteiger partial charge in [0.05, 0.1) is 0 Å². The molecule has 0 saturated heterocycles. The van der Waals surface area contributed by atoms with Crippen LogP contribution in [-0.4, -0.2) is 15.6 Å². The molecule has 3 unspecified atom stereocenters. The number of nitrogens with two attached hydrogens (primary N) is 1. The van der Waals surface area contributed by atoms with Crippen molar-refractivity contribution in [3.05, 3.63) is 34.9 Å². The number of aromatic nitrogens is 2. The van der Waals surface area contributed by atoms with Crippen LogP contribution in [0.5, 0.6) is 0 Å². The summed E-state index contributed by atoms with van der Waals surface area (Å²) >= 11 is 6.15. The lowest BCUT2D eigenvalue weighted by molar-refractivity contribution is -0.0130. The summed E-state index contributed by atoms with van der Waals surface area (Å²) < 4.78 is 2.21. The molecule has 2 fully saturated rings. The van der Waals surface area contributed by atoms with Crippen LogP contribution in [0.1, 0.15) is 65.7 Å². The SMILES string of the molecule is CC1=C(n2cnc(Cl)c2)[C@@]2(C)CCC3C(CC=C4C[C@@H](N)CC[C@@]43C)C2C1. The number of rotatable bonds is 1. The first-order valence-electron chi connectivity index (χ1n) is 10.7. The average Bonchev–Trinajstić information content (AvgIpc) is 3.14. The Bertz CT molecular complexity index is 836. The van der Waals surface area contributed by atoms with Gasteiger partial charge in [-0.15, -0.1) is 0 Å². The van der Waals surface area contributed by atoms with Crippen molar-refractivity contribution in [2.45, 2.75) is 71.8 Å². The molecule has 146 valence electrons. The number of nitrogens with zero attached hydrogens (tertiary/aromatic N) is 2. The number of halogens is 1. The largest absolute Gasteiger partial charge is 0.327 e. The first kappa shape index (κ1) is 18.0. The maximum absolute atomic E-state index is 6.31. The Morgan fingerprint density at radius 2 is 1.93 bits per heavy atom. The molecule has 3 nitrogen and oxygen atoms in total. The van der Waals surface area contributed by atoms with Crippen molar-refractivity contribution in [1.82, 2.24) is 9.55 Å². The van der Waals surface area contributed by atoms with Gasteiger partial charge in [0.25, 0.3) is 0 Å². The molecule has 27 heavy (non-hydrogen) atoms. The van der Waals surface area contributed by atoms with Crippen LogP contribution in [0.4, 0.5) is 0 Å². The number of imidazole rings is 1. The fraction of sp³-hybridized carbons (Fsp3) is 0.696. The molecule has 1 aromatic heterocycles. The van der Waals surface area contributed by atoms with E-state index in [0.717, 1.165) is 24.2 Å². The van der Waals surface area contributed by atoms with E-state index < -0.39 is 0 Å². The standard InChI is InChI=1S/C23H32ClN3/c1-14-10-19-17-5-4-15-11-16(25)6-8-22(15,2)18(17)7-9-23(19,3)21(14)27-12-20(24)26-13-27/h4,12-13,16-19H,5-11,25H2,1-3H3/t16-,17?,18?,19?,22-,23-/m0/s1. The van der Waals surface area contributed by atoms with E-state index in [1.54, 1.807) is 5.57 Å². The van der Waals surface area contributed by atoms with Gasteiger partial charge in [0.15, 0.2) is 0 Å². The molecular formula is C23H32ClN3. The number of fused-ring (bicyclic) bond motifs is 5. The Hall–Kier alpha value is -1.06. The van der Waals surface area contributed by atoms with Gasteiger partial charge in [-0.2, -0.15) is 0 Å². The van der Waals surface area contributed by atoms with E-state index in [-0.39, 0.29) is 5.41 Å². The molecule has 4 heteroatoms. The predicted molar refractivity (Wildman–Crippen MR) is 111 cm³/mol. The Labute approximate surface area is 168 Å². The molecule has 4 aliphatic rings. The van der Waals surface area contributed by atoms with E-state index in [9.17, 15) is 0 Å². The maximum atomic E-state index is 6.31. The van der Waals surface area contributed by atoms with Crippen molar-refractivity contribution in [3.63, 3.8) is 0 Å². The van der Waals surface area contributed by atoms with E-state index in [1.165, 1.54) is 49.8 Å². The Morgan fingerprint density at radius 1 is 1.15 bits per heavy atom. The quantitative estimate of drug-likeness (QED) is 0.633. The molecule has 2 saturated carbocycles. The van der Waals surface area contributed by atoms with Gasteiger partial charge in [-0.05, 0) is 75.0 Å². The van der Waals surface area contributed by atoms with Crippen LogP contribution in [0.25, 0.3) is 5.70 Å². The van der Waals surface area contributed by atoms with Gasteiger partial charge in [-0.1, -0.05) is 42.7 Å². The summed E-state index contributed by atoms with van der Waals surface area (Å²) in [6.07, 6.45) is 15.2. The second kappa shape index (κ2) is 5.97. The highest BCUT2D eigenvalue weighted by atomic mass is 35.5. The van der Waals surface area contributed by atoms with Crippen molar-refractivity contribution < 1.29 is 0 Å². The lowest BCUT2D eigenvalue weighted by atomic mass is 9.47. The Kier molecular flexibility index (Phi) is 3.98. The van der Waals surface area contributed by atoms with Crippen LogP contribution in [0.15, 0.2) is 29.7 Å². The molecule has 1 heterocycles. The van der Waals surface area contributed by atoms with Gasteiger partial charge in [0.1, 0.15) is 11.5 Å². The number of allylic oxidation sites excluding steroid dienone is 3. The minimum Gasteiger partial charge on any atom is -0.327 e. The summed E-state index contributed by atoms with van der Waals surface area (Å²) in [6, 6.07) is 0.378. The maximum Gasteiger partial charge on any atom is 0.147 e. The van der Waals surface area contributed by atoms with Crippen molar-refractivity contribution in [1.29, 1.82) is 0 Å². The highest BCUT2D eigenvalue weighted by Gasteiger charge is 2.57. The lowest BCUT2D eigenvalue weighted by Crippen LogP contribution is -2.50. The van der Waals surface area contributed by atoms with Crippen molar-refractivity contribution in [2.75, 3.05) is 0 Å². The summed E-state index contributed by atoms with van der Waals surface area (Å²) in [5.41, 5.74) is 11.6. The van der Waals surface area contributed by atoms with Gasteiger partial charge in [-0.25, -0.2) is 4.98 Å². The monoisotopic (exact) mass is 385 g/mol. The molecular weight excluding hydrogens is 354 g/mol. The van der Waals surface area contributed by atoms with Crippen LogP contribution >= 0.6 is 11.6 Å². The first-order chi connectivity index (χ1) is 12.8. The highest BCUT2D eigenvalue weighted by Crippen LogP contribution is 2.66. The van der Waals surface area contributed by atoms with Gasteiger partial charge >= 0.3 is 0 Å². The Balaban J connectivity index is 1.51. The molecule has 0 bridgehead atoms. The molecule has 0 amide bonds. The molecule has 0 aliphatic heterocycles. The molecule has 0 radical (unpaired) electrons. The number of hydrogen-bond acceptors (Lipinski definition) is 2. The number of hydrogen-bond donors (Lipinski definition) is 1. The van der Waals surface area contributed by atoms with E-state index in [2.05, 4.69) is 36.4 Å². The van der Waals surface area contributed by atoms with Crippen LogP contribution in [0.3, 0.4) is 0 Å². The third kappa shape index (κ3) is 2.47. The van der Waals surface area contributed by atoms with Crippen molar-refractivity contribution >= 4 is 17.3 Å². The van der Waals surface area contributed by atoms with E-state index >= 15 is 0 Å². The average molecular weight is 386 g/mol. The fourth-order valence-electron chi connectivity index (χ4n) is 7.53. The molecule has 1 aromatic rings. The van der Waals surface area contributed by atoms with Crippen LogP contribution < -0.4 is 5.73 Å². The Morgan fingerprint density at radius 3 is 2.67 bits per heavy atom. The summed E-state index contributed by atoms with van der Waals surface area (Å²) in [4.78, 5) is 4.29. The third-order valence-corrected chi connectivity index (χ3v) is 9.01. The second-order valence-electron chi connectivity index (χ2n) is 10.2. The minimum atomic E-state index is 0.238. The third-order valence-electron chi connectivity index (χ3n) is 8.81. The van der Waals surface area contributed by atoms with Gasteiger partial charge in [-0.3, -0.25) is 0 Å². The zero-order valence-electron chi connectivity index (χ0n) is 16.8. The molecule has 5 rings (SSSR count). The zero-order chi connectivity index (χ0) is 19.0. The van der Waals surface area contributed by atoms with Crippen LogP contribution in [-0.2, 0) is 0 Å². The first-order valence-corrected chi connectivity index (χ1v) is 11.1. The lowest BCUT2D eigenvalue weighted by Gasteiger charge is -2.57. The van der Waals surface area contributed by atoms with Crippen molar-refractivity contribution in [2.24, 2.45) is 34.3 Å². The van der Waals surface area contributed by atoms with Gasteiger partial charge in [0.2, 0.25) is 0 Å². The molecule has 6 atom stereocenters. The zero-order valence-corrected chi connectivity index (χ0v) is 17.6.